The van der Waals surface area contributed by atoms with E-state index in [-0.39, 0.29) is 4.90 Å². The van der Waals surface area contributed by atoms with Crippen molar-refractivity contribution in [1.29, 1.82) is 0 Å². The third kappa shape index (κ3) is 5.75. The van der Waals surface area contributed by atoms with Gasteiger partial charge in [0.25, 0.3) is 10.0 Å². The molecule has 0 aliphatic rings. The van der Waals surface area contributed by atoms with Crippen molar-refractivity contribution < 1.29 is 13.2 Å². The van der Waals surface area contributed by atoms with Crippen molar-refractivity contribution in [3.8, 4) is 10.6 Å². The van der Waals surface area contributed by atoms with E-state index in [0.29, 0.717) is 21.7 Å². The first-order chi connectivity index (χ1) is 16.7. The Labute approximate surface area is 209 Å². The summed E-state index contributed by atoms with van der Waals surface area (Å²) in [4.78, 5) is 13.1. The number of nitrogens with zero attached hydrogens (tertiary/aromatic N) is 3. The lowest BCUT2D eigenvalue weighted by molar-refractivity contribution is -0.114. The van der Waals surface area contributed by atoms with E-state index in [4.69, 9.17) is 0 Å². The van der Waals surface area contributed by atoms with Crippen LogP contribution < -0.4 is 9.62 Å². The third-order valence-electron chi connectivity index (χ3n) is 5.44. The fraction of sp³-hybridized carbons (Fsp3) is 0.192. The van der Waals surface area contributed by atoms with Gasteiger partial charge in [-0.15, -0.1) is 10.2 Å². The van der Waals surface area contributed by atoms with Gasteiger partial charge in [-0.1, -0.05) is 85.3 Å². The van der Waals surface area contributed by atoms with Crippen molar-refractivity contribution >= 4 is 38.1 Å². The summed E-state index contributed by atoms with van der Waals surface area (Å²) in [6.07, 6.45) is 0. The van der Waals surface area contributed by atoms with Gasteiger partial charge in [0.15, 0.2) is 0 Å². The van der Waals surface area contributed by atoms with Crippen LogP contribution >= 0.6 is 11.3 Å². The van der Waals surface area contributed by atoms with E-state index in [2.05, 4.69) is 29.4 Å². The van der Waals surface area contributed by atoms with Gasteiger partial charge >= 0.3 is 0 Å². The second-order valence-electron chi connectivity index (χ2n) is 8.40. The minimum Gasteiger partial charge on any atom is -0.299 e. The molecule has 0 spiro atoms. The van der Waals surface area contributed by atoms with Crippen LogP contribution in [0.15, 0.2) is 83.8 Å². The summed E-state index contributed by atoms with van der Waals surface area (Å²) in [5, 5.41) is 11.8. The lowest BCUT2D eigenvalue weighted by Crippen LogP contribution is -2.38. The highest BCUT2D eigenvalue weighted by molar-refractivity contribution is 7.92. The quantitative estimate of drug-likeness (QED) is 0.342. The third-order valence-corrected chi connectivity index (χ3v) is 8.11. The summed E-state index contributed by atoms with van der Waals surface area (Å²) in [5.74, 6) is -0.213. The minimum atomic E-state index is -3.99. The number of carbonyl (C=O) groups excluding carboxylic acids is 1. The number of benzene rings is 3. The van der Waals surface area contributed by atoms with Crippen molar-refractivity contribution in [2.45, 2.75) is 31.6 Å². The number of rotatable bonds is 8. The number of hydrogen-bond acceptors (Lipinski definition) is 6. The summed E-state index contributed by atoms with van der Waals surface area (Å²) in [6, 6.07) is 23.3. The highest BCUT2D eigenvalue weighted by Crippen LogP contribution is 2.28. The van der Waals surface area contributed by atoms with Gasteiger partial charge in [-0.05, 0) is 42.7 Å². The molecule has 3 aromatic carbocycles. The number of sulfonamides is 1. The molecule has 0 unspecified atom stereocenters. The highest BCUT2D eigenvalue weighted by Gasteiger charge is 2.27. The molecule has 180 valence electrons. The Morgan fingerprint density at radius 1 is 0.943 bits per heavy atom. The lowest BCUT2D eigenvalue weighted by atomic mass is 10.0. The van der Waals surface area contributed by atoms with Crippen LogP contribution in [-0.4, -0.2) is 31.1 Å². The Morgan fingerprint density at radius 2 is 1.60 bits per heavy atom. The van der Waals surface area contributed by atoms with Crippen molar-refractivity contribution in [3.05, 3.63) is 90.0 Å². The fourth-order valence-corrected chi connectivity index (χ4v) is 5.62. The molecule has 1 aromatic heterocycles. The number of aromatic nitrogens is 2. The van der Waals surface area contributed by atoms with E-state index in [1.807, 2.05) is 49.4 Å². The fourth-order valence-electron chi connectivity index (χ4n) is 3.44. The summed E-state index contributed by atoms with van der Waals surface area (Å²) in [6.45, 7) is 5.61. The Bertz CT molecular complexity index is 1400. The topological polar surface area (TPSA) is 92.3 Å². The number of amides is 1. The average molecular weight is 507 g/mol. The molecule has 0 saturated carbocycles. The molecule has 1 N–H and O–H groups in total. The first-order valence-electron chi connectivity index (χ1n) is 11.1. The molecular formula is C26H26N4O3S2. The summed E-state index contributed by atoms with van der Waals surface area (Å²) in [5.41, 5.74) is 3.32. The van der Waals surface area contributed by atoms with Gasteiger partial charge < -0.3 is 0 Å². The summed E-state index contributed by atoms with van der Waals surface area (Å²) >= 11 is 1.23. The SMILES string of the molecule is Cc1ccc(S(=O)(=O)N(CC(=O)Nc2nnc(-c3ccccc3)s2)c2ccc(C(C)C)cc2)cc1. The molecule has 0 aliphatic heterocycles. The maximum atomic E-state index is 13.6. The Balaban J connectivity index is 1.60. The number of carbonyl (C=O) groups is 1. The van der Waals surface area contributed by atoms with E-state index < -0.39 is 22.5 Å². The van der Waals surface area contributed by atoms with Crippen LogP contribution in [0.3, 0.4) is 0 Å². The van der Waals surface area contributed by atoms with E-state index in [0.717, 1.165) is 21.0 Å². The second kappa shape index (κ2) is 10.4. The van der Waals surface area contributed by atoms with Crippen molar-refractivity contribution in [1.82, 2.24) is 10.2 Å². The van der Waals surface area contributed by atoms with Crippen LogP contribution in [0.1, 0.15) is 30.9 Å². The monoisotopic (exact) mass is 506 g/mol. The highest BCUT2D eigenvalue weighted by atomic mass is 32.2. The predicted octanol–water partition coefficient (Wildman–Crippen LogP) is 5.47. The number of nitrogens with one attached hydrogen (secondary N) is 1. The second-order valence-corrected chi connectivity index (χ2v) is 11.2. The van der Waals surface area contributed by atoms with Crippen molar-refractivity contribution in [2.24, 2.45) is 0 Å². The minimum absolute atomic E-state index is 0.117. The molecule has 1 amide bonds. The average Bonchev–Trinajstić information content (AvgIpc) is 3.32. The Kier molecular flexibility index (Phi) is 7.28. The normalized spacial score (nSPS) is 11.4. The molecule has 0 radical (unpaired) electrons. The van der Waals surface area contributed by atoms with Crippen LogP contribution in [0.25, 0.3) is 10.6 Å². The maximum Gasteiger partial charge on any atom is 0.264 e. The van der Waals surface area contributed by atoms with Gasteiger partial charge in [-0.3, -0.25) is 14.4 Å². The molecule has 7 nitrogen and oxygen atoms in total. The molecule has 4 rings (SSSR count). The first-order valence-corrected chi connectivity index (χ1v) is 13.4. The standard InChI is InChI=1S/C26H26N4O3S2/c1-18(2)20-11-13-22(14-12-20)30(35(32,33)23-15-9-19(3)10-16-23)17-24(31)27-26-29-28-25(34-26)21-7-5-4-6-8-21/h4-16,18H,17H2,1-3H3,(H,27,29,31). The summed E-state index contributed by atoms with van der Waals surface area (Å²) in [7, 11) is -3.99. The number of aryl methyl sites for hydroxylation is 1. The van der Waals surface area contributed by atoms with Gasteiger partial charge in [-0.25, -0.2) is 8.42 Å². The van der Waals surface area contributed by atoms with Gasteiger partial charge in [0, 0.05) is 5.56 Å². The molecule has 0 aliphatic carbocycles. The number of hydrogen-bond donors (Lipinski definition) is 1. The zero-order valence-corrected chi connectivity index (χ0v) is 21.3. The van der Waals surface area contributed by atoms with Crippen molar-refractivity contribution in [2.75, 3.05) is 16.2 Å². The van der Waals surface area contributed by atoms with Crippen molar-refractivity contribution in [3.63, 3.8) is 0 Å². The van der Waals surface area contributed by atoms with Crippen LogP contribution in [0, 0.1) is 6.92 Å². The van der Waals surface area contributed by atoms with Crippen LogP contribution in [-0.2, 0) is 14.8 Å². The molecule has 0 atom stereocenters. The number of anilines is 2. The van der Waals surface area contributed by atoms with E-state index in [1.54, 1.807) is 36.4 Å². The van der Waals surface area contributed by atoms with Crippen LogP contribution in [0.2, 0.25) is 0 Å². The molecule has 0 saturated heterocycles. The first kappa shape index (κ1) is 24.6. The van der Waals surface area contributed by atoms with Crippen LogP contribution in [0.5, 0.6) is 0 Å². The molecule has 35 heavy (non-hydrogen) atoms. The molecular weight excluding hydrogens is 480 g/mol. The molecule has 0 bridgehead atoms. The van der Waals surface area contributed by atoms with Gasteiger partial charge in [0.05, 0.1) is 10.6 Å². The maximum absolute atomic E-state index is 13.6. The van der Waals surface area contributed by atoms with Gasteiger partial charge in [0.1, 0.15) is 11.6 Å². The zero-order valence-electron chi connectivity index (χ0n) is 19.7. The van der Waals surface area contributed by atoms with E-state index >= 15 is 0 Å². The Hall–Kier alpha value is -3.56. The molecule has 9 heteroatoms. The molecule has 0 fully saturated rings. The lowest BCUT2D eigenvalue weighted by Gasteiger charge is -2.24. The predicted molar refractivity (Wildman–Crippen MR) is 140 cm³/mol. The molecule has 4 aromatic rings. The Morgan fingerprint density at radius 3 is 2.23 bits per heavy atom. The summed E-state index contributed by atoms with van der Waals surface area (Å²) < 4.78 is 28.2. The largest absolute Gasteiger partial charge is 0.299 e. The van der Waals surface area contributed by atoms with E-state index in [1.165, 1.54) is 11.3 Å². The zero-order chi connectivity index (χ0) is 25.0. The smallest absolute Gasteiger partial charge is 0.264 e. The van der Waals surface area contributed by atoms with Gasteiger partial charge in [-0.2, -0.15) is 0 Å². The van der Waals surface area contributed by atoms with Gasteiger partial charge in [0.2, 0.25) is 11.0 Å². The molecule has 1 heterocycles. The van der Waals surface area contributed by atoms with Crippen LogP contribution in [0.4, 0.5) is 10.8 Å². The van der Waals surface area contributed by atoms with E-state index in [9.17, 15) is 13.2 Å².